The molecule has 2 heterocycles. The zero-order chi connectivity index (χ0) is 18.0. The maximum atomic E-state index is 12.6. The second kappa shape index (κ2) is 7.25. The maximum absolute atomic E-state index is 12.6. The predicted octanol–water partition coefficient (Wildman–Crippen LogP) is 3.03. The molecule has 26 heavy (non-hydrogen) atoms. The molecule has 1 fully saturated rings. The van der Waals surface area contributed by atoms with Gasteiger partial charge in [0.2, 0.25) is 0 Å². The number of nitrogens with one attached hydrogen (secondary N) is 1. The summed E-state index contributed by atoms with van der Waals surface area (Å²) in [6.45, 7) is 2.01. The number of hydrogen-bond donors (Lipinski definition) is 2. The van der Waals surface area contributed by atoms with E-state index in [4.69, 9.17) is 9.84 Å². The molecule has 1 amide bonds. The van der Waals surface area contributed by atoms with Gasteiger partial charge in [0.25, 0.3) is 5.91 Å². The smallest absolute Gasteiger partial charge is 0.270 e. The zero-order valence-electron chi connectivity index (χ0n) is 15.0. The second-order valence-electron chi connectivity index (χ2n) is 7.37. The number of aliphatic hydroxyl groups excluding tert-OH is 1. The van der Waals surface area contributed by atoms with Gasteiger partial charge in [-0.05, 0) is 54.4 Å². The standard InChI is InChI=1S/C21H26N2O3/c24-14-15-26-19-7-8-21(17-5-2-1-4-16(17)19)9-12-23(13-10-21)20(25)18-6-3-11-22-18/h1-6,11,19,22,24H,7-10,12-15H2/t19-/m1/s1. The number of aromatic amines is 1. The van der Waals surface area contributed by atoms with E-state index in [9.17, 15) is 4.79 Å². The number of H-pyrrole nitrogens is 1. The number of ether oxygens (including phenoxy) is 1. The van der Waals surface area contributed by atoms with Gasteiger partial charge in [-0.1, -0.05) is 24.3 Å². The van der Waals surface area contributed by atoms with Gasteiger partial charge in [0.1, 0.15) is 5.69 Å². The van der Waals surface area contributed by atoms with E-state index in [0.717, 1.165) is 38.8 Å². The first-order chi connectivity index (χ1) is 12.7. The second-order valence-corrected chi connectivity index (χ2v) is 7.37. The van der Waals surface area contributed by atoms with Gasteiger partial charge in [-0.3, -0.25) is 4.79 Å². The van der Waals surface area contributed by atoms with Crippen molar-refractivity contribution in [2.75, 3.05) is 26.3 Å². The van der Waals surface area contributed by atoms with E-state index < -0.39 is 0 Å². The van der Waals surface area contributed by atoms with Crippen molar-refractivity contribution >= 4 is 5.91 Å². The Bertz CT molecular complexity index is 748. The largest absolute Gasteiger partial charge is 0.394 e. The Balaban J connectivity index is 1.52. The van der Waals surface area contributed by atoms with Crippen LogP contribution in [0.2, 0.25) is 0 Å². The van der Waals surface area contributed by atoms with E-state index >= 15 is 0 Å². The van der Waals surface area contributed by atoms with Crippen LogP contribution in [0.4, 0.5) is 0 Å². The molecule has 1 atom stereocenters. The molecule has 1 aromatic heterocycles. The lowest BCUT2D eigenvalue weighted by Crippen LogP contribution is -2.47. The van der Waals surface area contributed by atoms with E-state index in [1.165, 1.54) is 11.1 Å². The highest BCUT2D eigenvalue weighted by Crippen LogP contribution is 2.48. The normalized spacial score (nSPS) is 21.6. The van der Waals surface area contributed by atoms with Crippen LogP contribution in [0.1, 0.15) is 53.4 Å². The van der Waals surface area contributed by atoms with Crippen LogP contribution in [0.15, 0.2) is 42.6 Å². The minimum atomic E-state index is 0.0552. The number of carbonyl (C=O) groups is 1. The molecule has 0 unspecified atom stereocenters. The van der Waals surface area contributed by atoms with E-state index in [1.807, 2.05) is 17.0 Å². The number of likely N-dealkylation sites (tertiary alicyclic amines) is 1. The van der Waals surface area contributed by atoms with Gasteiger partial charge in [-0.15, -0.1) is 0 Å². The predicted molar refractivity (Wildman–Crippen MR) is 99.1 cm³/mol. The molecule has 1 aliphatic carbocycles. The van der Waals surface area contributed by atoms with Gasteiger partial charge in [0, 0.05) is 19.3 Å². The first kappa shape index (κ1) is 17.3. The SMILES string of the molecule is O=C(c1ccc[nH]1)N1CCC2(CC[C@@H](OCCO)c3ccccc32)CC1. The van der Waals surface area contributed by atoms with Crippen molar-refractivity contribution in [2.45, 2.75) is 37.2 Å². The van der Waals surface area contributed by atoms with Crippen molar-refractivity contribution in [1.82, 2.24) is 9.88 Å². The summed E-state index contributed by atoms with van der Waals surface area (Å²) >= 11 is 0. The molecular formula is C21H26N2O3. The Labute approximate surface area is 154 Å². The third-order valence-corrected chi connectivity index (χ3v) is 6.01. The van der Waals surface area contributed by atoms with Gasteiger partial charge >= 0.3 is 0 Å². The summed E-state index contributed by atoms with van der Waals surface area (Å²) in [4.78, 5) is 17.6. The number of nitrogens with zero attached hydrogens (tertiary/aromatic N) is 1. The highest BCUT2D eigenvalue weighted by molar-refractivity contribution is 5.92. The van der Waals surface area contributed by atoms with E-state index in [0.29, 0.717) is 12.3 Å². The summed E-state index contributed by atoms with van der Waals surface area (Å²) in [7, 11) is 0. The fourth-order valence-electron chi connectivity index (χ4n) is 4.62. The van der Waals surface area contributed by atoms with Crippen molar-refractivity contribution in [3.05, 3.63) is 59.4 Å². The lowest BCUT2D eigenvalue weighted by Gasteiger charge is -2.47. The fraction of sp³-hybridized carbons (Fsp3) is 0.476. The molecule has 5 nitrogen and oxygen atoms in total. The van der Waals surface area contributed by atoms with Crippen LogP contribution in [0, 0.1) is 0 Å². The minimum absolute atomic E-state index is 0.0552. The monoisotopic (exact) mass is 354 g/mol. The third-order valence-electron chi connectivity index (χ3n) is 6.01. The number of piperidine rings is 1. The molecule has 5 heteroatoms. The van der Waals surface area contributed by atoms with Crippen LogP contribution in [-0.2, 0) is 10.2 Å². The molecule has 0 saturated carbocycles. The number of benzene rings is 1. The summed E-state index contributed by atoms with van der Waals surface area (Å²) in [5.74, 6) is 0.0955. The maximum Gasteiger partial charge on any atom is 0.270 e. The van der Waals surface area contributed by atoms with Crippen molar-refractivity contribution < 1.29 is 14.6 Å². The van der Waals surface area contributed by atoms with Crippen molar-refractivity contribution in [3.63, 3.8) is 0 Å². The van der Waals surface area contributed by atoms with Gasteiger partial charge in [-0.2, -0.15) is 0 Å². The van der Waals surface area contributed by atoms with Crippen LogP contribution in [-0.4, -0.2) is 47.2 Å². The molecule has 0 bridgehead atoms. The quantitative estimate of drug-likeness (QED) is 0.887. The number of aliphatic hydroxyl groups is 1. The molecule has 2 N–H and O–H groups in total. The van der Waals surface area contributed by atoms with Crippen molar-refractivity contribution in [2.24, 2.45) is 0 Å². The van der Waals surface area contributed by atoms with Gasteiger partial charge in [-0.25, -0.2) is 0 Å². The van der Waals surface area contributed by atoms with Gasteiger partial charge < -0.3 is 19.7 Å². The topological polar surface area (TPSA) is 65.6 Å². The molecule has 1 spiro atoms. The van der Waals surface area contributed by atoms with E-state index in [1.54, 1.807) is 6.20 Å². The molecule has 2 aromatic rings. The van der Waals surface area contributed by atoms with Crippen LogP contribution >= 0.6 is 0 Å². The number of hydrogen-bond acceptors (Lipinski definition) is 3. The molecule has 138 valence electrons. The lowest BCUT2D eigenvalue weighted by atomic mass is 9.64. The van der Waals surface area contributed by atoms with E-state index in [-0.39, 0.29) is 24.0 Å². The first-order valence-corrected chi connectivity index (χ1v) is 9.48. The Morgan fingerprint density at radius 3 is 2.73 bits per heavy atom. The van der Waals surface area contributed by atoms with Crippen molar-refractivity contribution in [1.29, 1.82) is 0 Å². The number of rotatable bonds is 4. The number of fused-ring (bicyclic) bond motifs is 2. The number of carbonyl (C=O) groups excluding carboxylic acids is 1. The summed E-state index contributed by atoms with van der Waals surface area (Å²) < 4.78 is 5.88. The van der Waals surface area contributed by atoms with Crippen LogP contribution in [0.5, 0.6) is 0 Å². The van der Waals surface area contributed by atoms with Gasteiger partial charge in [0.15, 0.2) is 0 Å². The molecule has 0 radical (unpaired) electrons. The van der Waals surface area contributed by atoms with Crippen LogP contribution < -0.4 is 0 Å². The summed E-state index contributed by atoms with van der Waals surface area (Å²) in [6.07, 6.45) is 5.89. The average Bonchev–Trinajstić information content (AvgIpc) is 3.23. The van der Waals surface area contributed by atoms with Crippen LogP contribution in [0.3, 0.4) is 0 Å². The molecule has 2 aliphatic rings. The number of aromatic nitrogens is 1. The first-order valence-electron chi connectivity index (χ1n) is 9.48. The Morgan fingerprint density at radius 2 is 2.00 bits per heavy atom. The molecule has 4 rings (SSSR count). The Morgan fingerprint density at radius 1 is 1.19 bits per heavy atom. The van der Waals surface area contributed by atoms with Gasteiger partial charge in [0.05, 0.1) is 19.3 Å². The minimum Gasteiger partial charge on any atom is -0.394 e. The lowest BCUT2D eigenvalue weighted by molar-refractivity contribution is 0.00546. The summed E-state index contributed by atoms with van der Waals surface area (Å²) in [5.41, 5.74) is 3.45. The summed E-state index contributed by atoms with van der Waals surface area (Å²) in [6, 6.07) is 12.3. The van der Waals surface area contributed by atoms with E-state index in [2.05, 4.69) is 29.2 Å². The highest BCUT2D eigenvalue weighted by atomic mass is 16.5. The Hall–Kier alpha value is -2.11. The molecule has 1 saturated heterocycles. The average molecular weight is 354 g/mol. The summed E-state index contributed by atoms with van der Waals surface area (Å²) in [5, 5.41) is 9.08. The Kier molecular flexibility index (Phi) is 4.83. The number of amides is 1. The van der Waals surface area contributed by atoms with Crippen LogP contribution in [0.25, 0.3) is 0 Å². The van der Waals surface area contributed by atoms with Crippen molar-refractivity contribution in [3.8, 4) is 0 Å². The zero-order valence-corrected chi connectivity index (χ0v) is 15.0. The third kappa shape index (κ3) is 3.06. The molecular weight excluding hydrogens is 328 g/mol. The fourth-order valence-corrected chi connectivity index (χ4v) is 4.62. The molecule has 1 aromatic carbocycles. The molecule has 1 aliphatic heterocycles. The highest BCUT2D eigenvalue weighted by Gasteiger charge is 2.42.